The lowest BCUT2D eigenvalue weighted by molar-refractivity contribution is -0.142. The molecule has 1 aromatic carbocycles. The summed E-state index contributed by atoms with van der Waals surface area (Å²) >= 11 is 0. The summed E-state index contributed by atoms with van der Waals surface area (Å²) in [6, 6.07) is 9.83. The Labute approximate surface area is 120 Å². The summed E-state index contributed by atoms with van der Waals surface area (Å²) in [6.45, 7) is 5.97. The van der Waals surface area contributed by atoms with Crippen LogP contribution in [-0.4, -0.2) is 31.4 Å². The molecule has 1 unspecified atom stereocenters. The van der Waals surface area contributed by atoms with Gasteiger partial charge in [0, 0.05) is 6.42 Å². The lowest BCUT2D eigenvalue weighted by Gasteiger charge is -2.36. The van der Waals surface area contributed by atoms with E-state index < -0.39 is 18.3 Å². The molecule has 0 aromatic heterocycles. The van der Waals surface area contributed by atoms with Gasteiger partial charge in [-0.15, -0.1) is 0 Å². The molecule has 1 heterocycles. The van der Waals surface area contributed by atoms with Crippen LogP contribution in [-0.2, 0) is 18.8 Å². The molecule has 0 aliphatic carbocycles. The highest BCUT2D eigenvalue weighted by molar-refractivity contribution is 6.62. The van der Waals surface area contributed by atoms with E-state index in [1.807, 2.05) is 51.1 Å². The van der Waals surface area contributed by atoms with Crippen molar-refractivity contribution in [2.45, 2.75) is 44.8 Å². The van der Waals surface area contributed by atoms with E-state index in [0.717, 1.165) is 5.46 Å². The van der Waals surface area contributed by atoms with Crippen molar-refractivity contribution < 1.29 is 18.8 Å². The number of benzene rings is 1. The van der Waals surface area contributed by atoms with Crippen LogP contribution in [0, 0.1) is 0 Å². The van der Waals surface area contributed by atoms with E-state index in [-0.39, 0.29) is 5.97 Å². The number of hydrogen-bond acceptors (Lipinski definition) is 4. The fourth-order valence-electron chi connectivity index (χ4n) is 2.34. The zero-order chi connectivity index (χ0) is 14.8. The number of rotatable bonds is 4. The van der Waals surface area contributed by atoms with Gasteiger partial charge < -0.3 is 14.0 Å². The molecular formula is C15H21BO4. The van der Waals surface area contributed by atoms with Crippen molar-refractivity contribution in [2.75, 3.05) is 7.11 Å². The first-order valence-electron chi connectivity index (χ1n) is 6.85. The molecule has 0 bridgehead atoms. The quantitative estimate of drug-likeness (QED) is 0.622. The van der Waals surface area contributed by atoms with Crippen molar-refractivity contribution in [2.24, 2.45) is 0 Å². The Kier molecular flexibility index (Phi) is 4.21. The van der Waals surface area contributed by atoms with Crippen LogP contribution in [0.2, 0.25) is 0 Å². The first kappa shape index (κ1) is 15.1. The van der Waals surface area contributed by atoms with Gasteiger partial charge in [0.05, 0.1) is 18.3 Å². The summed E-state index contributed by atoms with van der Waals surface area (Å²) in [7, 11) is 1.00. The highest BCUT2D eigenvalue weighted by atomic mass is 16.7. The summed E-state index contributed by atoms with van der Waals surface area (Å²) in [6.07, 6.45) is 0.886. The minimum absolute atomic E-state index is 0.228. The summed E-state index contributed by atoms with van der Waals surface area (Å²) in [4.78, 5) is 11.4. The van der Waals surface area contributed by atoms with Gasteiger partial charge in [0.1, 0.15) is 0 Å². The van der Waals surface area contributed by atoms with Gasteiger partial charge >= 0.3 is 13.1 Å². The molecule has 5 heteroatoms. The van der Waals surface area contributed by atoms with Gasteiger partial charge in [-0.1, -0.05) is 30.3 Å². The van der Waals surface area contributed by atoms with Gasteiger partial charge in [-0.2, -0.15) is 0 Å². The van der Waals surface area contributed by atoms with Gasteiger partial charge in [-0.3, -0.25) is 4.79 Å². The van der Waals surface area contributed by atoms with Crippen molar-refractivity contribution in [3.63, 3.8) is 0 Å². The van der Waals surface area contributed by atoms with Gasteiger partial charge in [0.15, 0.2) is 0 Å². The van der Waals surface area contributed by atoms with Crippen molar-refractivity contribution in [3.05, 3.63) is 30.3 Å². The molecule has 1 fully saturated rings. The first-order valence-corrected chi connectivity index (χ1v) is 6.85. The number of carbonyl (C=O) groups is 1. The predicted molar refractivity (Wildman–Crippen MR) is 77.7 cm³/mol. The third-order valence-corrected chi connectivity index (χ3v) is 4.15. The molecule has 108 valence electrons. The maximum Gasteiger partial charge on any atom is 0.494 e. The third-order valence-electron chi connectivity index (χ3n) is 4.15. The molecule has 0 amide bonds. The molecular weight excluding hydrogens is 255 g/mol. The minimum atomic E-state index is -0.526. The Morgan fingerprint density at radius 3 is 2.45 bits per heavy atom. The van der Waals surface area contributed by atoms with Crippen LogP contribution in [0.4, 0.5) is 0 Å². The monoisotopic (exact) mass is 276 g/mol. The van der Waals surface area contributed by atoms with Crippen LogP contribution < -0.4 is 5.46 Å². The highest BCUT2D eigenvalue weighted by Gasteiger charge is 2.54. The normalized spacial score (nSPS) is 24.7. The molecule has 2 rings (SSSR count). The second-order valence-electron chi connectivity index (χ2n) is 5.80. The molecule has 1 saturated heterocycles. The van der Waals surface area contributed by atoms with Crippen molar-refractivity contribution in [1.29, 1.82) is 0 Å². The van der Waals surface area contributed by atoms with E-state index in [1.54, 1.807) is 0 Å². The van der Waals surface area contributed by atoms with Crippen LogP contribution in [0.5, 0.6) is 0 Å². The highest BCUT2D eigenvalue weighted by Crippen LogP contribution is 2.40. The molecule has 0 spiro atoms. The first-order chi connectivity index (χ1) is 9.38. The smallest absolute Gasteiger partial charge is 0.469 e. The van der Waals surface area contributed by atoms with Crippen LogP contribution in [0.1, 0.15) is 33.6 Å². The summed E-state index contributed by atoms with van der Waals surface area (Å²) in [5.74, 6) is -0.228. The number of ether oxygens (including phenoxy) is 1. The largest absolute Gasteiger partial charge is 0.494 e. The van der Waals surface area contributed by atoms with E-state index in [1.165, 1.54) is 7.11 Å². The molecule has 20 heavy (non-hydrogen) atoms. The van der Waals surface area contributed by atoms with E-state index in [2.05, 4.69) is 0 Å². The lowest BCUT2D eigenvalue weighted by Crippen LogP contribution is -2.45. The number of hydrogen-bond donors (Lipinski definition) is 0. The van der Waals surface area contributed by atoms with Crippen molar-refractivity contribution in [1.82, 2.24) is 0 Å². The van der Waals surface area contributed by atoms with Gasteiger partial charge in [-0.05, 0) is 32.7 Å². The summed E-state index contributed by atoms with van der Waals surface area (Å²) in [5, 5.41) is 0. The number of esters is 1. The molecule has 0 radical (unpaired) electrons. The lowest BCUT2D eigenvalue weighted by atomic mass is 9.79. The fourth-order valence-corrected chi connectivity index (χ4v) is 2.34. The van der Waals surface area contributed by atoms with Gasteiger partial charge in [0.2, 0.25) is 0 Å². The van der Waals surface area contributed by atoms with E-state index in [4.69, 9.17) is 14.0 Å². The van der Waals surface area contributed by atoms with Gasteiger partial charge in [0.25, 0.3) is 0 Å². The molecule has 0 N–H and O–H groups in total. The topological polar surface area (TPSA) is 44.8 Å². The van der Waals surface area contributed by atoms with Crippen LogP contribution >= 0.6 is 0 Å². The van der Waals surface area contributed by atoms with E-state index >= 15 is 0 Å². The molecule has 4 nitrogen and oxygen atoms in total. The number of methoxy groups -OCH3 is 1. The van der Waals surface area contributed by atoms with Crippen LogP contribution in [0.15, 0.2) is 30.3 Å². The SMILES string of the molecule is COC(=O)CCC1(C)OB(c2ccccc2)OC1(C)C. The summed E-state index contributed by atoms with van der Waals surface area (Å²) in [5.41, 5.74) is -0.00849. The fraction of sp³-hybridized carbons (Fsp3) is 0.533. The van der Waals surface area contributed by atoms with E-state index in [0.29, 0.717) is 12.8 Å². The minimum Gasteiger partial charge on any atom is -0.469 e. The van der Waals surface area contributed by atoms with Crippen molar-refractivity contribution in [3.8, 4) is 0 Å². The molecule has 1 aliphatic rings. The average molecular weight is 276 g/mol. The van der Waals surface area contributed by atoms with Crippen LogP contribution in [0.3, 0.4) is 0 Å². The number of carbonyl (C=O) groups excluding carboxylic acids is 1. The Balaban J connectivity index is 2.12. The van der Waals surface area contributed by atoms with Gasteiger partial charge in [-0.25, -0.2) is 0 Å². The van der Waals surface area contributed by atoms with Crippen molar-refractivity contribution >= 4 is 18.6 Å². The Hall–Kier alpha value is -1.33. The second kappa shape index (κ2) is 5.58. The summed E-state index contributed by atoms with van der Waals surface area (Å²) < 4.78 is 16.9. The van der Waals surface area contributed by atoms with E-state index in [9.17, 15) is 4.79 Å². The average Bonchev–Trinajstić information content (AvgIpc) is 2.68. The maximum atomic E-state index is 11.4. The molecule has 1 aromatic rings. The molecule has 0 saturated carbocycles. The second-order valence-corrected chi connectivity index (χ2v) is 5.80. The third kappa shape index (κ3) is 2.89. The zero-order valence-corrected chi connectivity index (χ0v) is 12.5. The zero-order valence-electron chi connectivity index (χ0n) is 12.5. The molecule has 1 atom stereocenters. The Morgan fingerprint density at radius 1 is 1.20 bits per heavy atom. The van der Waals surface area contributed by atoms with Crippen LogP contribution in [0.25, 0.3) is 0 Å². The maximum absolute atomic E-state index is 11.4. The Morgan fingerprint density at radius 2 is 1.85 bits per heavy atom. The molecule has 1 aliphatic heterocycles. The standard InChI is InChI=1S/C15H21BO4/c1-14(2)15(3,11-10-13(17)18-4)20-16(19-14)12-8-6-5-7-9-12/h5-9H,10-11H2,1-4H3. The Bertz CT molecular complexity index is 474. The predicted octanol–water partition coefficient (Wildman–Crippen LogP) is 1.92.